The van der Waals surface area contributed by atoms with Gasteiger partial charge >= 0.3 is 6.18 Å². The Balaban J connectivity index is 1.68. The molecule has 0 atom stereocenters. The number of hydrogen-bond acceptors (Lipinski definition) is 2. The Morgan fingerprint density at radius 2 is 1.89 bits per heavy atom. The summed E-state index contributed by atoms with van der Waals surface area (Å²) in [7, 11) is 1.71. The topological polar surface area (TPSA) is 38.1 Å². The van der Waals surface area contributed by atoms with E-state index in [2.05, 4.69) is 5.10 Å². The zero-order valence-electron chi connectivity index (χ0n) is 14.5. The highest BCUT2D eigenvalue weighted by Gasteiger charge is 2.35. The summed E-state index contributed by atoms with van der Waals surface area (Å²) in [5, 5.41) is 4.01. The first kappa shape index (κ1) is 17.3. The second-order valence-electron chi connectivity index (χ2n) is 6.59. The van der Waals surface area contributed by atoms with Crippen LogP contribution in [0.4, 0.5) is 13.2 Å². The van der Waals surface area contributed by atoms with Crippen LogP contribution >= 0.6 is 0 Å². The summed E-state index contributed by atoms with van der Waals surface area (Å²) in [4.78, 5) is 13.9. The van der Waals surface area contributed by atoms with E-state index in [4.69, 9.17) is 0 Å². The molecule has 0 bridgehead atoms. The first-order valence-corrected chi connectivity index (χ1v) is 8.39. The number of nitrogens with zero attached hydrogens (tertiary/aromatic N) is 3. The minimum absolute atomic E-state index is 0.0799. The molecule has 1 aliphatic heterocycles. The van der Waals surface area contributed by atoms with E-state index >= 15 is 0 Å². The van der Waals surface area contributed by atoms with Crippen molar-refractivity contribution >= 4 is 5.91 Å². The van der Waals surface area contributed by atoms with Gasteiger partial charge in [0.05, 0.1) is 11.8 Å². The molecule has 0 saturated carbocycles. The Morgan fingerprint density at radius 3 is 2.56 bits per heavy atom. The molecule has 4 nitrogen and oxygen atoms in total. The van der Waals surface area contributed by atoms with E-state index in [1.165, 1.54) is 21.8 Å². The Labute approximate surface area is 153 Å². The number of carbonyl (C=O) groups excluding carboxylic acids is 1. The van der Waals surface area contributed by atoms with Crippen LogP contribution in [0.2, 0.25) is 0 Å². The molecular weight excluding hydrogens is 355 g/mol. The van der Waals surface area contributed by atoms with Gasteiger partial charge in [-0.25, -0.2) is 0 Å². The number of hydrogen-bond donors (Lipinski definition) is 0. The van der Waals surface area contributed by atoms with Crippen LogP contribution in [-0.4, -0.2) is 20.6 Å². The van der Waals surface area contributed by atoms with Gasteiger partial charge in [0.1, 0.15) is 0 Å². The van der Waals surface area contributed by atoms with Crippen molar-refractivity contribution in [1.82, 2.24) is 14.7 Å². The normalized spacial score (nSPS) is 13.9. The number of fused-ring (bicyclic) bond motifs is 1. The summed E-state index contributed by atoms with van der Waals surface area (Å²) in [5.41, 5.74) is 1.79. The fourth-order valence-electron chi connectivity index (χ4n) is 3.38. The summed E-state index contributed by atoms with van der Waals surface area (Å²) >= 11 is 0. The van der Waals surface area contributed by atoms with Crippen LogP contribution < -0.4 is 0 Å². The van der Waals surface area contributed by atoms with E-state index in [1.807, 2.05) is 12.1 Å². The fraction of sp³-hybridized carbons (Fsp3) is 0.200. The van der Waals surface area contributed by atoms with Crippen molar-refractivity contribution in [3.05, 3.63) is 77.1 Å². The molecule has 0 unspecified atom stereocenters. The van der Waals surface area contributed by atoms with Gasteiger partial charge in [-0.15, -0.1) is 0 Å². The minimum Gasteiger partial charge on any atom is -0.330 e. The van der Waals surface area contributed by atoms with E-state index in [9.17, 15) is 18.0 Å². The molecule has 2 heterocycles. The summed E-state index contributed by atoms with van der Waals surface area (Å²) in [6.07, 6.45) is -1.32. The van der Waals surface area contributed by atoms with E-state index in [1.54, 1.807) is 31.4 Å². The molecule has 7 heteroatoms. The van der Waals surface area contributed by atoms with Crippen molar-refractivity contribution in [3.63, 3.8) is 0 Å². The van der Waals surface area contributed by atoms with Crippen LogP contribution in [0.25, 0.3) is 11.1 Å². The summed E-state index contributed by atoms with van der Waals surface area (Å²) in [6, 6.07) is 11.3. The molecule has 0 radical (unpaired) electrons. The molecule has 2 aromatic carbocycles. The second-order valence-corrected chi connectivity index (χ2v) is 6.59. The lowest BCUT2D eigenvalue weighted by Gasteiger charge is -2.20. The van der Waals surface area contributed by atoms with Crippen molar-refractivity contribution in [2.75, 3.05) is 0 Å². The lowest BCUT2D eigenvalue weighted by atomic mass is 10.00. The zero-order chi connectivity index (χ0) is 19.2. The molecule has 0 spiro atoms. The Bertz CT molecular complexity index is 1020. The number of aryl methyl sites for hydroxylation is 1. The molecule has 0 fully saturated rings. The van der Waals surface area contributed by atoms with Crippen molar-refractivity contribution in [3.8, 4) is 11.1 Å². The third kappa shape index (κ3) is 3.20. The quantitative estimate of drug-likeness (QED) is 0.690. The molecule has 4 rings (SSSR count). The zero-order valence-corrected chi connectivity index (χ0v) is 14.5. The monoisotopic (exact) mass is 371 g/mol. The predicted molar refractivity (Wildman–Crippen MR) is 93.7 cm³/mol. The van der Waals surface area contributed by atoms with Crippen molar-refractivity contribution in [1.29, 1.82) is 0 Å². The molecule has 0 saturated heterocycles. The molecular formula is C20H16F3N3O. The standard InChI is InChI=1S/C20H16F3N3O/c1-25-10-16(9-24-25)13-6-7-15(18(8-13)20(21,22)23)12-26-11-14-4-2-3-5-17(14)19(26)27/h2-10H,11-12H2,1H3. The SMILES string of the molecule is Cn1cc(-c2ccc(CN3Cc4ccccc4C3=O)c(C(F)(F)F)c2)cn1. The van der Waals surface area contributed by atoms with Gasteiger partial charge in [0, 0.05) is 37.5 Å². The third-order valence-electron chi connectivity index (χ3n) is 4.71. The van der Waals surface area contributed by atoms with Crippen LogP contribution in [0.3, 0.4) is 0 Å². The van der Waals surface area contributed by atoms with Crippen molar-refractivity contribution in [2.45, 2.75) is 19.3 Å². The minimum atomic E-state index is -4.51. The number of amides is 1. The molecule has 0 aliphatic carbocycles. The first-order valence-electron chi connectivity index (χ1n) is 8.39. The number of carbonyl (C=O) groups is 1. The van der Waals surface area contributed by atoms with Gasteiger partial charge in [-0.05, 0) is 28.8 Å². The summed E-state index contributed by atoms with van der Waals surface area (Å²) in [6.45, 7) is 0.229. The number of benzene rings is 2. The van der Waals surface area contributed by atoms with E-state index in [0.717, 1.165) is 11.6 Å². The highest BCUT2D eigenvalue weighted by atomic mass is 19.4. The first-order chi connectivity index (χ1) is 12.8. The van der Waals surface area contributed by atoms with Gasteiger partial charge < -0.3 is 4.90 Å². The number of halogens is 3. The van der Waals surface area contributed by atoms with Crippen LogP contribution in [0.5, 0.6) is 0 Å². The van der Waals surface area contributed by atoms with E-state index in [0.29, 0.717) is 23.2 Å². The average Bonchev–Trinajstić information content (AvgIpc) is 3.19. The second kappa shape index (κ2) is 6.26. The van der Waals surface area contributed by atoms with Gasteiger partial charge in [0.25, 0.3) is 5.91 Å². The Morgan fingerprint density at radius 1 is 1.11 bits per heavy atom. The van der Waals surface area contributed by atoms with Crippen LogP contribution in [0.1, 0.15) is 27.0 Å². The maximum Gasteiger partial charge on any atom is 0.416 e. The Kier molecular flexibility index (Phi) is 4.02. The average molecular weight is 371 g/mol. The van der Waals surface area contributed by atoms with Gasteiger partial charge in [0.2, 0.25) is 0 Å². The number of aromatic nitrogens is 2. The van der Waals surface area contributed by atoms with Gasteiger partial charge in [-0.1, -0.05) is 30.3 Å². The maximum absolute atomic E-state index is 13.7. The molecule has 27 heavy (non-hydrogen) atoms. The molecule has 138 valence electrons. The van der Waals surface area contributed by atoms with Gasteiger partial charge in [-0.2, -0.15) is 18.3 Å². The summed E-state index contributed by atoms with van der Waals surface area (Å²) < 4.78 is 42.5. The van der Waals surface area contributed by atoms with E-state index < -0.39 is 11.7 Å². The van der Waals surface area contributed by atoms with Crippen molar-refractivity contribution < 1.29 is 18.0 Å². The van der Waals surface area contributed by atoms with Crippen molar-refractivity contribution in [2.24, 2.45) is 7.05 Å². The van der Waals surface area contributed by atoms with E-state index in [-0.39, 0.29) is 18.0 Å². The molecule has 3 aromatic rings. The van der Waals surface area contributed by atoms with Gasteiger partial charge in [-0.3, -0.25) is 9.48 Å². The number of rotatable bonds is 3. The van der Waals surface area contributed by atoms with Gasteiger partial charge in [0.15, 0.2) is 0 Å². The predicted octanol–water partition coefficient (Wildman–Crippen LogP) is 4.26. The smallest absolute Gasteiger partial charge is 0.330 e. The summed E-state index contributed by atoms with van der Waals surface area (Å²) in [5.74, 6) is -0.241. The molecule has 1 amide bonds. The van der Waals surface area contributed by atoms with Crippen LogP contribution in [0.15, 0.2) is 54.9 Å². The lowest BCUT2D eigenvalue weighted by Crippen LogP contribution is -2.25. The van der Waals surface area contributed by atoms with Crippen LogP contribution in [0, 0.1) is 0 Å². The molecule has 1 aliphatic rings. The lowest BCUT2D eigenvalue weighted by molar-refractivity contribution is -0.138. The van der Waals surface area contributed by atoms with Crippen LogP contribution in [-0.2, 0) is 26.3 Å². The maximum atomic E-state index is 13.7. The third-order valence-corrected chi connectivity index (χ3v) is 4.71. The fourth-order valence-corrected chi connectivity index (χ4v) is 3.38. The Hall–Kier alpha value is -3.09. The molecule has 1 aromatic heterocycles. The number of alkyl halides is 3. The highest BCUT2D eigenvalue weighted by molar-refractivity contribution is 5.98. The highest BCUT2D eigenvalue weighted by Crippen LogP contribution is 2.36. The molecule has 0 N–H and O–H groups in total. The largest absolute Gasteiger partial charge is 0.416 e.